The standard InChI is InChI=1S/C26H28F7NO3/c1-14(24(35)36)34(3)13-17-6-9-22(23(17)16-4-7-21(27)8-5-16)37-15(2)18-10-19(25(28,29)30)12-20(11-18)26(31,32)33/h4-5,7-8,10-12,14-15,17,22-23H,6,9,13H2,1-3H3,(H,35,36)/t14-,15-,17+,22+,23+/m1/s1. The Kier molecular flexibility index (Phi) is 8.58. The van der Waals surface area contributed by atoms with Gasteiger partial charge in [0.2, 0.25) is 0 Å². The molecule has 0 saturated heterocycles. The van der Waals surface area contributed by atoms with Crippen molar-refractivity contribution in [1.82, 2.24) is 4.90 Å². The van der Waals surface area contributed by atoms with E-state index in [2.05, 4.69) is 0 Å². The molecule has 2 aromatic rings. The highest BCUT2D eigenvalue weighted by molar-refractivity contribution is 5.72. The maximum absolute atomic E-state index is 13.6. The first-order valence-corrected chi connectivity index (χ1v) is 11.7. The van der Waals surface area contributed by atoms with Crippen molar-refractivity contribution in [3.63, 3.8) is 0 Å². The zero-order valence-corrected chi connectivity index (χ0v) is 20.4. The highest BCUT2D eigenvalue weighted by Gasteiger charge is 2.41. The maximum atomic E-state index is 13.6. The number of aliphatic carboxylic acids is 1. The summed E-state index contributed by atoms with van der Waals surface area (Å²) in [6.07, 6.45) is -10.6. The van der Waals surface area contributed by atoms with Gasteiger partial charge in [-0.25, -0.2) is 4.39 Å². The topological polar surface area (TPSA) is 49.8 Å². The number of ether oxygens (including phenoxy) is 1. The predicted molar refractivity (Wildman–Crippen MR) is 121 cm³/mol. The number of likely N-dealkylation sites (N-methyl/N-ethyl adjacent to an activating group) is 1. The quantitative estimate of drug-likeness (QED) is 0.374. The molecule has 204 valence electrons. The summed E-state index contributed by atoms with van der Waals surface area (Å²) in [7, 11) is 1.65. The molecule has 0 bridgehead atoms. The summed E-state index contributed by atoms with van der Waals surface area (Å²) in [5.41, 5.74) is -2.41. The molecule has 11 heteroatoms. The molecule has 1 aliphatic rings. The molecule has 1 fully saturated rings. The molecule has 0 spiro atoms. The number of carbonyl (C=O) groups is 1. The molecular formula is C26H28F7NO3. The van der Waals surface area contributed by atoms with Crippen molar-refractivity contribution in [3.05, 3.63) is 70.5 Å². The molecule has 0 unspecified atom stereocenters. The van der Waals surface area contributed by atoms with Gasteiger partial charge in [-0.05, 0) is 81.1 Å². The lowest BCUT2D eigenvalue weighted by atomic mass is 9.86. The highest BCUT2D eigenvalue weighted by atomic mass is 19.4. The highest BCUT2D eigenvalue weighted by Crippen LogP contribution is 2.45. The zero-order chi connectivity index (χ0) is 27.7. The molecule has 0 amide bonds. The number of alkyl halides is 6. The van der Waals surface area contributed by atoms with Crippen LogP contribution in [0.1, 0.15) is 61.0 Å². The van der Waals surface area contributed by atoms with E-state index in [0.29, 0.717) is 37.1 Å². The van der Waals surface area contributed by atoms with Gasteiger partial charge in [-0.2, -0.15) is 26.3 Å². The van der Waals surface area contributed by atoms with Gasteiger partial charge in [0.25, 0.3) is 0 Å². The van der Waals surface area contributed by atoms with Crippen molar-refractivity contribution in [2.75, 3.05) is 13.6 Å². The van der Waals surface area contributed by atoms with Gasteiger partial charge in [0.1, 0.15) is 11.9 Å². The van der Waals surface area contributed by atoms with Crippen molar-refractivity contribution in [1.29, 1.82) is 0 Å². The summed E-state index contributed by atoms with van der Waals surface area (Å²) in [5.74, 6) is -1.99. The average molecular weight is 536 g/mol. The van der Waals surface area contributed by atoms with E-state index in [4.69, 9.17) is 4.74 Å². The van der Waals surface area contributed by atoms with E-state index in [1.54, 1.807) is 24.1 Å². The Morgan fingerprint density at radius 1 is 1.00 bits per heavy atom. The third-order valence-electron chi connectivity index (χ3n) is 6.98. The van der Waals surface area contributed by atoms with Crippen LogP contribution >= 0.6 is 0 Å². The van der Waals surface area contributed by atoms with Crippen molar-refractivity contribution in [2.45, 2.75) is 63.2 Å². The first-order chi connectivity index (χ1) is 17.1. The van der Waals surface area contributed by atoms with E-state index in [-0.39, 0.29) is 23.5 Å². The number of hydrogen-bond acceptors (Lipinski definition) is 3. The molecule has 1 N–H and O–H groups in total. The fraction of sp³-hybridized carbons (Fsp3) is 0.500. The summed E-state index contributed by atoms with van der Waals surface area (Å²) in [6.45, 7) is 3.28. The molecule has 0 aromatic heterocycles. The van der Waals surface area contributed by atoms with Crippen LogP contribution in [0.2, 0.25) is 0 Å². The van der Waals surface area contributed by atoms with Gasteiger partial charge in [0.15, 0.2) is 0 Å². The van der Waals surface area contributed by atoms with Crippen LogP contribution in [0.15, 0.2) is 42.5 Å². The lowest BCUT2D eigenvalue weighted by Crippen LogP contribution is -2.40. The van der Waals surface area contributed by atoms with Crippen molar-refractivity contribution in [3.8, 4) is 0 Å². The molecule has 0 heterocycles. The van der Waals surface area contributed by atoms with Gasteiger partial charge in [-0.3, -0.25) is 9.69 Å². The Bertz CT molecular complexity index is 1050. The Hall–Kier alpha value is -2.66. The van der Waals surface area contributed by atoms with E-state index >= 15 is 0 Å². The number of nitrogens with zero attached hydrogens (tertiary/aromatic N) is 1. The van der Waals surface area contributed by atoms with Gasteiger partial charge in [-0.15, -0.1) is 0 Å². The third-order valence-corrected chi connectivity index (χ3v) is 6.98. The first-order valence-electron chi connectivity index (χ1n) is 11.7. The molecule has 2 aromatic carbocycles. The van der Waals surface area contributed by atoms with Crippen LogP contribution in [0.5, 0.6) is 0 Å². The number of carboxylic acids is 1. The second kappa shape index (κ2) is 11.0. The normalized spacial score (nSPS) is 22.3. The molecular weight excluding hydrogens is 507 g/mol. The average Bonchev–Trinajstić information content (AvgIpc) is 3.19. The molecule has 37 heavy (non-hydrogen) atoms. The minimum Gasteiger partial charge on any atom is -0.480 e. The summed E-state index contributed by atoms with van der Waals surface area (Å²) < 4.78 is 99.6. The predicted octanol–water partition coefficient (Wildman–Crippen LogP) is 6.91. The summed E-state index contributed by atoms with van der Waals surface area (Å²) in [6, 6.07) is 6.25. The number of carboxylic acid groups (broad SMARTS) is 1. The maximum Gasteiger partial charge on any atom is 0.416 e. The monoisotopic (exact) mass is 535 g/mol. The number of rotatable bonds is 8. The first kappa shape index (κ1) is 28.9. The van der Waals surface area contributed by atoms with Crippen molar-refractivity contribution >= 4 is 5.97 Å². The van der Waals surface area contributed by atoms with E-state index < -0.39 is 53.5 Å². The molecule has 0 aliphatic heterocycles. The van der Waals surface area contributed by atoms with Crippen LogP contribution in [0.25, 0.3) is 0 Å². The second-order valence-electron chi connectivity index (χ2n) is 9.52. The van der Waals surface area contributed by atoms with E-state index in [1.165, 1.54) is 26.0 Å². The minimum atomic E-state index is -4.98. The van der Waals surface area contributed by atoms with Crippen molar-refractivity contribution in [2.24, 2.45) is 5.92 Å². The van der Waals surface area contributed by atoms with E-state index in [9.17, 15) is 40.6 Å². The molecule has 5 atom stereocenters. The van der Waals surface area contributed by atoms with Crippen LogP contribution in [0.4, 0.5) is 30.7 Å². The van der Waals surface area contributed by atoms with E-state index in [1.807, 2.05) is 0 Å². The van der Waals surface area contributed by atoms with Crippen LogP contribution in [-0.4, -0.2) is 41.7 Å². The van der Waals surface area contributed by atoms with Gasteiger partial charge >= 0.3 is 18.3 Å². The largest absolute Gasteiger partial charge is 0.480 e. The fourth-order valence-corrected chi connectivity index (χ4v) is 4.84. The second-order valence-corrected chi connectivity index (χ2v) is 9.52. The van der Waals surface area contributed by atoms with Crippen molar-refractivity contribution < 1.29 is 45.4 Å². The molecule has 3 rings (SSSR count). The smallest absolute Gasteiger partial charge is 0.416 e. The van der Waals surface area contributed by atoms with Crippen LogP contribution < -0.4 is 0 Å². The number of hydrogen-bond donors (Lipinski definition) is 1. The number of benzene rings is 2. The summed E-state index contributed by atoms with van der Waals surface area (Å²) in [4.78, 5) is 13.0. The third kappa shape index (κ3) is 7.01. The lowest BCUT2D eigenvalue weighted by molar-refractivity contribution is -0.144. The SMILES string of the molecule is C[C@H](C(=O)O)N(C)C[C@@H]1CC[C@H](O[C@H](C)c2cc(C(F)(F)F)cc(C(F)(F)F)c2)[C@H]1c1ccc(F)cc1. The Morgan fingerprint density at radius 3 is 2.03 bits per heavy atom. The minimum absolute atomic E-state index is 0.0720. The van der Waals surface area contributed by atoms with Gasteiger partial charge in [0.05, 0.1) is 23.3 Å². The van der Waals surface area contributed by atoms with Gasteiger partial charge < -0.3 is 9.84 Å². The van der Waals surface area contributed by atoms with Gasteiger partial charge in [-0.1, -0.05) is 12.1 Å². The number of halogens is 7. The van der Waals surface area contributed by atoms with E-state index in [0.717, 1.165) is 0 Å². The molecule has 4 nitrogen and oxygen atoms in total. The molecule has 0 radical (unpaired) electrons. The summed E-state index contributed by atoms with van der Waals surface area (Å²) >= 11 is 0. The molecule has 1 saturated carbocycles. The van der Waals surface area contributed by atoms with Crippen LogP contribution in [-0.2, 0) is 21.9 Å². The Morgan fingerprint density at radius 2 is 1.54 bits per heavy atom. The summed E-state index contributed by atoms with van der Waals surface area (Å²) in [5, 5.41) is 9.33. The fourth-order valence-electron chi connectivity index (χ4n) is 4.84. The molecule has 1 aliphatic carbocycles. The lowest BCUT2D eigenvalue weighted by Gasteiger charge is -2.31. The Balaban J connectivity index is 1.91. The van der Waals surface area contributed by atoms with Crippen LogP contribution in [0.3, 0.4) is 0 Å². The zero-order valence-electron chi connectivity index (χ0n) is 20.4. The van der Waals surface area contributed by atoms with Gasteiger partial charge in [0, 0.05) is 12.5 Å². The van der Waals surface area contributed by atoms with Crippen LogP contribution in [0, 0.1) is 11.7 Å². The Labute approximate surface area is 210 Å².